The van der Waals surface area contributed by atoms with Crippen molar-refractivity contribution in [3.63, 3.8) is 0 Å². The highest BCUT2D eigenvalue weighted by Crippen LogP contribution is 2.49. The first-order valence-electron chi connectivity index (χ1n) is 11.2. The highest BCUT2D eigenvalue weighted by molar-refractivity contribution is 6.30. The number of aliphatic carboxylic acids is 1. The van der Waals surface area contributed by atoms with Crippen molar-refractivity contribution in [2.45, 2.75) is 19.1 Å². The van der Waals surface area contributed by atoms with Crippen LogP contribution in [0.25, 0.3) is 17.2 Å². The Morgan fingerprint density at radius 2 is 1.83 bits per heavy atom. The number of nitrogens with zero attached hydrogens (tertiary/aromatic N) is 1. The van der Waals surface area contributed by atoms with E-state index in [9.17, 15) is 14.4 Å². The van der Waals surface area contributed by atoms with Crippen LogP contribution in [0.15, 0.2) is 66.7 Å². The summed E-state index contributed by atoms with van der Waals surface area (Å²) in [6.07, 6.45) is 3.28. The van der Waals surface area contributed by atoms with Gasteiger partial charge in [-0.25, -0.2) is 14.6 Å². The molecule has 5 nitrogen and oxygen atoms in total. The van der Waals surface area contributed by atoms with Gasteiger partial charge >= 0.3 is 5.97 Å². The van der Waals surface area contributed by atoms with Crippen molar-refractivity contribution < 1.29 is 14.3 Å². The molecule has 3 aromatic rings. The quantitative estimate of drug-likeness (QED) is 0.209. The monoisotopic (exact) mass is 485 g/mol. The van der Waals surface area contributed by atoms with E-state index in [1.807, 2.05) is 48.5 Å². The summed E-state index contributed by atoms with van der Waals surface area (Å²) in [6, 6.07) is 20.8. The summed E-state index contributed by atoms with van der Waals surface area (Å²) < 4.78 is 14.5. The first-order valence-corrected chi connectivity index (χ1v) is 11.6. The Labute approximate surface area is 207 Å². The van der Waals surface area contributed by atoms with Gasteiger partial charge in [0.25, 0.3) is 0 Å². The Hall–Kier alpha value is -3.92. The fourth-order valence-electron chi connectivity index (χ4n) is 4.44. The molecular weight excluding hydrogens is 465 g/mol. The highest BCUT2D eigenvalue weighted by atomic mass is 35.5. The molecule has 0 aromatic heterocycles. The van der Waals surface area contributed by atoms with Crippen molar-refractivity contribution in [3.8, 4) is 6.07 Å². The minimum absolute atomic E-state index is 0.260. The number of nitriles is 1. The number of benzene rings is 3. The lowest BCUT2D eigenvalue weighted by molar-refractivity contribution is -0.131. The lowest BCUT2D eigenvalue weighted by atomic mass is 9.84. The average Bonchev–Trinajstić information content (AvgIpc) is 3.64. The third kappa shape index (κ3) is 4.69. The fraction of sp³-hybridized carbons (Fsp3) is 0.143. The molecule has 1 unspecified atom stereocenters. The summed E-state index contributed by atoms with van der Waals surface area (Å²) in [5.41, 5.74) is 12.4. The molecule has 0 spiro atoms. The number of hydrogen-bond donors (Lipinski definition) is 3. The fourth-order valence-corrected chi connectivity index (χ4v) is 4.61. The molecule has 5 rings (SSSR count). The van der Waals surface area contributed by atoms with Gasteiger partial charge < -0.3 is 10.5 Å². The Bertz CT molecular complexity index is 1420. The normalized spacial score (nSPS) is 17.5. The van der Waals surface area contributed by atoms with Gasteiger partial charge in [0.15, 0.2) is 6.30 Å². The van der Waals surface area contributed by atoms with Crippen LogP contribution in [-0.4, -0.2) is 11.1 Å². The SMILES string of the molecule is N#Cc1cc(Cl)ccc1/C(=C(\c1ccc(/C=C/C(=O)O)cc1)c1ccc2c(c1)C(F)NN2)C1CC1. The molecule has 1 aliphatic carbocycles. The average molecular weight is 486 g/mol. The number of carboxylic acid groups (broad SMARTS) is 1. The van der Waals surface area contributed by atoms with E-state index >= 15 is 0 Å². The number of hydrogen-bond acceptors (Lipinski definition) is 4. The van der Waals surface area contributed by atoms with Gasteiger partial charge in [0.05, 0.1) is 17.3 Å². The molecule has 35 heavy (non-hydrogen) atoms. The van der Waals surface area contributed by atoms with Gasteiger partial charge in [0, 0.05) is 16.7 Å². The lowest BCUT2D eigenvalue weighted by Crippen LogP contribution is -2.14. The lowest BCUT2D eigenvalue weighted by Gasteiger charge is -2.19. The smallest absolute Gasteiger partial charge is 0.328 e. The number of fused-ring (bicyclic) bond motifs is 1. The molecule has 0 amide bonds. The first kappa shape index (κ1) is 22.9. The van der Waals surface area contributed by atoms with E-state index in [1.54, 1.807) is 12.1 Å². The van der Waals surface area contributed by atoms with Gasteiger partial charge in [-0.15, -0.1) is 0 Å². The number of hydrazine groups is 1. The zero-order chi connectivity index (χ0) is 24.5. The summed E-state index contributed by atoms with van der Waals surface area (Å²) in [5, 5.41) is 19.3. The zero-order valence-electron chi connectivity index (χ0n) is 18.6. The van der Waals surface area contributed by atoms with Crippen molar-refractivity contribution in [3.05, 3.63) is 105 Å². The minimum Gasteiger partial charge on any atom is -0.478 e. The molecule has 1 fully saturated rings. The maximum atomic E-state index is 14.5. The molecule has 0 saturated heterocycles. The van der Waals surface area contributed by atoms with Crippen LogP contribution in [-0.2, 0) is 4.79 Å². The molecule has 3 aromatic carbocycles. The predicted octanol–water partition coefficient (Wildman–Crippen LogP) is 6.58. The summed E-state index contributed by atoms with van der Waals surface area (Å²) >= 11 is 6.19. The van der Waals surface area contributed by atoms with E-state index in [4.69, 9.17) is 16.7 Å². The van der Waals surface area contributed by atoms with Crippen molar-refractivity contribution in [2.24, 2.45) is 5.92 Å². The number of nitrogens with one attached hydrogen (secondary N) is 2. The second-order valence-electron chi connectivity index (χ2n) is 8.59. The van der Waals surface area contributed by atoms with Gasteiger partial charge in [-0.1, -0.05) is 48.0 Å². The molecule has 1 atom stereocenters. The van der Waals surface area contributed by atoms with Crippen molar-refractivity contribution in [2.75, 3.05) is 5.43 Å². The van der Waals surface area contributed by atoms with Crippen LogP contribution < -0.4 is 10.9 Å². The molecule has 1 heterocycles. The molecule has 1 aliphatic heterocycles. The molecule has 0 radical (unpaired) electrons. The van der Waals surface area contributed by atoms with E-state index < -0.39 is 12.3 Å². The molecule has 2 aliphatic rings. The number of allylic oxidation sites excluding steroid dienone is 1. The molecule has 7 heteroatoms. The van der Waals surface area contributed by atoms with Crippen LogP contribution in [0.4, 0.5) is 10.1 Å². The number of anilines is 1. The summed E-state index contributed by atoms with van der Waals surface area (Å²) in [4.78, 5) is 10.9. The molecule has 174 valence electrons. The van der Waals surface area contributed by atoms with E-state index in [0.717, 1.165) is 52.3 Å². The number of rotatable bonds is 6. The van der Waals surface area contributed by atoms with Crippen LogP contribution in [0, 0.1) is 17.2 Å². The van der Waals surface area contributed by atoms with Gasteiger partial charge in [0.1, 0.15) is 0 Å². The molecule has 0 bridgehead atoms. The van der Waals surface area contributed by atoms with Gasteiger partial charge in [-0.05, 0) is 82.5 Å². The predicted molar refractivity (Wildman–Crippen MR) is 135 cm³/mol. The third-order valence-electron chi connectivity index (χ3n) is 6.21. The number of carboxylic acids is 1. The Morgan fingerprint density at radius 3 is 2.51 bits per heavy atom. The molecular formula is C28H21ClFN3O2. The van der Waals surface area contributed by atoms with Crippen LogP contribution in [0.2, 0.25) is 5.02 Å². The van der Waals surface area contributed by atoms with Crippen LogP contribution >= 0.6 is 11.6 Å². The maximum absolute atomic E-state index is 14.5. The van der Waals surface area contributed by atoms with Gasteiger partial charge in [-0.2, -0.15) is 5.26 Å². The van der Waals surface area contributed by atoms with Crippen molar-refractivity contribution >= 4 is 40.5 Å². The molecule has 3 N–H and O–H groups in total. The zero-order valence-corrected chi connectivity index (χ0v) is 19.3. The largest absolute Gasteiger partial charge is 0.478 e. The van der Waals surface area contributed by atoms with E-state index in [1.165, 1.54) is 6.08 Å². The van der Waals surface area contributed by atoms with Crippen LogP contribution in [0.3, 0.4) is 0 Å². The third-order valence-corrected chi connectivity index (χ3v) is 6.45. The van der Waals surface area contributed by atoms with Gasteiger partial charge in [-0.3, -0.25) is 0 Å². The summed E-state index contributed by atoms with van der Waals surface area (Å²) in [6.45, 7) is 0. The van der Waals surface area contributed by atoms with E-state index in [-0.39, 0.29) is 5.92 Å². The van der Waals surface area contributed by atoms with Crippen LogP contribution in [0.1, 0.15) is 52.5 Å². The summed E-state index contributed by atoms with van der Waals surface area (Å²) in [5.74, 6) is -0.755. The second kappa shape index (κ2) is 9.38. The number of halogens is 2. The summed E-state index contributed by atoms with van der Waals surface area (Å²) in [7, 11) is 0. The Morgan fingerprint density at radius 1 is 1.09 bits per heavy atom. The van der Waals surface area contributed by atoms with Gasteiger partial charge in [0.2, 0.25) is 0 Å². The minimum atomic E-state index is -1.33. The van der Waals surface area contributed by atoms with Crippen molar-refractivity contribution in [1.29, 1.82) is 5.26 Å². The first-order chi connectivity index (χ1) is 16.9. The van der Waals surface area contributed by atoms with Crippen molar-refractivity contribution in [1.82, 2.24) is 5.43 Å². The van der Waals surface area contributed by atoms with E-state index in [0.29, 0.717) is 21.8 Å². The standard InChI is InChI=1S/C28H21ClFN3O2/c29-21-9-10-22(20(13-21)15-31)27(18-6-7-18)26(17-4-1-16(2-5-17)3-12-25(34)35)19-8-11-24-23(14-19)28(30)33-32-24/h1-5,8-14,18,28,32-33H,6-7H2,(H,34,35)/b12-3+,27-26+. The topological polar surface area (TPSA) is 85.2 Å². The second-order valence-corrected chi connectivity index (χ2v) is 9.03. The Balaban J connectivity index is 1.74. The maximum Gasteiger partial charge on any atom is 0.328 e. The highest BCUT2D eigenvalue weighted by Gasteiger charge is 2.32. The van der Waals surface area contributed by atoms with E-state index in [2.05, 4.69) is 16.9 Å². The number of carbonyl (C=O) groups is 1. The molecule has 1 saturated carbocycles. The number of alkyl halides is 1. The Kier molecular flexibility index (Phi) is 6.12. The van der Waals surface area contributed by atoms with Crippen LogP contribution in [0.5, 0.6) is 0 Å².